The molecule has 0 saturated heterocycles. The van der Waals surface area contributed by atoms with E-state index >= 15 is 0 Å². The lowest BCUT2D eigenvalue weighted by atomic mass is 10.0. The normalized spacial score (nSPS) is 13.7. The number of rotatable bonds is 8. The fourth-order valence-electron chi connectivity index (χ4n) is 2.15. The van der Waals surface area contributed by atoms with Gasteiger partial charge in [0.1, 0.15) is 5.82 Å². The van der Waals surface area contributed by atoms with Crippen LogP contribution < -0.4 is 5.32 Å². The van der Waals surface area contributed by atoms with Crippen molar-refractivity contribution < 1.29 is 17.6 Å². The van der Waals surface area contributed by atoms with Crippen LogP contribution in [0.1, 0.15) is 31.4 Å². The molecule has 1 atom stereocenters. The molecular weight excluding hydrogens is 284 g/mol. The van der Waals surface area contributed by atoms with E-state index in [-0.39, 0.29) is 18.4 Å². The number of nitrogens with zero attached hydrogens (tertiary/aromatic N) is 1. The van der Waals surface area contributed by atoms with E-state index in [2.05, 4.69) is 5.32 Å². The minimum absolute atomic E-state index is 0.0420. The first-order valence-corrected chi connectivity index (χ1v) is 7.06. The Morgan fingerprint density at radius 2 is 1.86 bits per heavy atom. The third kappa shape index (κ3) is 6.91. The Morgan fingerprint density at radius 3 is 2.43 bits per heavy atom. The Kier molecular flexibility index (Phi) is 7.11. The molecule has 2 nitrogen and oxygen atoms in total. The van der Waals surface area contributed by atoms with Crippen molar-refractivity contribution in [3.05, 3.63) is 35.6 Å². The van der Waals surface area contributed by atoms with E-state index in [9.17, 15) is 17.6 Å². The van der Waals surface area contributed by atoms with Gasteiger partial charge >= 0.3 is 6.18 Å². The van der Waals surface area contributed by atoms with Crippen LogP contribution in [-0.4, -0.2) is 37.8 Å². The summed E-state index contributed by atoms with van der Waals surface area (Å²) in [5.41, 5.74) is 0.559. The fourth-order valence-corrected chi connectivity index (χ4v) is 2.15. The number of hydrogen-bond acceptors (Lipinski definition) is 2. The van der Waals surface area contributed by atoms with E-state index < -0.39 is 12.6 Å². The zero-order chi connectivity index (χ0) is 15.9. The molecule has 0 fully saturated rings. The van der Waals surface area contributed by atoms with Crippen LogP contribution in [0.3, 0.4) is 0 Å². The minimum Gasteiger partial charge on any atom is -0.310 e. The van der Waals surface area contributed by atoms with Crippen molar-refractivity contribution in [1.29, 1.82) is 0 Å². The van der Waals surface area contributed by atoms with Crippen LogP contribution in [0.2, 0.25) is 0 Å². The van der Waals surface area contributed by atoms with Crippen LogP contribution >= 0.6 is 0 Å². The molecule has 1 N–H and O–H groups in total. The van der Waals surface area contributed by atoms with Crippen LogP contribution in [0.5, 0.6) is 0 Å². The molecule has 1 aromatic carbocycles. The summed E-state index contributed by atoms with van der Waals surface area (Å²) in [5, 5.41) is 3.18. The molecule has 1 unspecified atom stereocenters. The monoisotopic (exact) mass is 306 g/mol. The first-order valence-electron chi connectivity index (χ1n) is 7.06. The van der Waals surface area contributed by atoms with Crippen molar-refractivity contribution in [2.45, 2.75) is 32.0 Å². The summed E-state index contributed by atoms with van der Waals surface area (Å²) in [6.07, 6.45) is -4.40. The zero-order valence-electron chi connectivity index (χ0n) is 12.4. The van der Waals surface area contributed by atoms with E-state index in [0.29, 0.717) is 25.1 Å². The minimum atomic E-state index is -4.14. The second-order valence-corrected chi connectivity index (χ2v) is 5.09. The SMILES string of the molecule is CCNC(CCN(C)CCC(F)(F)F)c1ccccc1F. The maximum absolute atomic E-state index is 13.8. The molecule has 0 bridgehead atoms. The zero-order valence-corrected chi connectivity index (χ0v) is 12.4. The topological polar surface area (TPSA) is 15.3 Å². The lowest BCUT2D eigenvalue weighted by Gasteiger charge is -2.23. The Morgan fingerprint density at radius 1 is 1.19 bits per heavy atom. The Hall–Kier alpha value is -1.14. The third-order valence-electron chi connectivity index (χ3n) is 3.31. The number of nitrogens with one attached hydrogen (secondary N) is 1. The Bertz CT molecular complexity index is 420. The van der Waals surface area contributed by atoms with Gasteiger partial charge in [-0.15, -0.1) is 0 Å². The van der Waals surface area contributed by atoms with Crippen LogP contribution in [0, 0.1) is 5.82 Å². The summed E-state index contributed by atoms with van der Waals surface area (Å²) in [6.45, 7) is 3.02. The van der Waals surface area contributed by atoms with Gasteiger partial charge in [-0.1, -0.05) is 25.1 Å². The molecule has 0 amide bonds. The number of benzene rings is 1. The molecule has 0 radical (unpaired) electrons. The molecule has 6 heteroatoms. The summed E-state index contributed by atoms with van der Waals surface area (Å²) >= 11 is 0. The molecule has 0 aromatic heterocycles. The molecular formula is C15H22F4N2. The van der Waals surface area contributed by atoms with Gasteiger partial charge in [0.05, 0.1) is 6.42 Å². The molecule has 0 aliphatic carbocycles. The Balaban J connectivity index is 2.54. The molecule has 21 heavy (non-hydrogen) atoms. The van der Waals surface area contributed by atoms with Gasteiger partial charge < -0.3 is 10.2 Å². The molecule has 0 saturated carbocycles. The fraction of sp³-hybridized carbons (Fsp3) is 0.600. The third-order valence-corrected chi connectivity index (χ3v) is 3.31. The molecule has 1 rings (SSSR count). The van der Waals surface area contributed by atoms with Gasteiger partial charge in [-0.05, 0) is 32.6 Å². The highest BCUT2D eigenvalue weighted by Crippen LogP contribution is 2.22. The Labute approximate surface area is 123 Å². The van der Waals surface area contributed by atoms with E-state index in [4.69, 9.17) is 0 Å². The van der Waals surface area contributed by atoms with Crippen LogP contribution in [0.25, 0.3) is 0 Å². The van der Waals surface area contributed by atoms with Gasteiger partial charge in [0.25, 0.3) is 0 Å². The number of hydrogen-bond donors (Lipinski definition) is 1. The average Bonchev–Trinajstić information content (AvgIpc) is 2.41. The average molecular weight is 306 g/mol. The van der Waals surface area contributed by atoms with Gasteiger partial charge in [0, 0.05) is 18.2 Å². The van der Waals surface area contributed by atoms with Gasteiger partial charge in [0.2, 0.25) is 0 Å². The van der Waals surface area contributed by atoms with Crippen molar-refractivity contribution in [2.75, 3.05) is 26.7 Å². The number of halogens is 4. The summed E-state index contributed by atoms with van der Waals surface area (Å²) in [4.78, 5) is 1.62. The van der Waals surface area contributed by atoms with E-state index in [1.165, 1.54) is 6.07 Å². The quantitative estimate of drug-likeness (QED) is 0.736. The number of alkyl halides is 3. The first kappa shape index (κ1) is 17.9. The summed E-state index contributed by atoms with van der Waals surface area (Å²) in [6, 6.07) is 6.29. The van der Waals surface area contributed by atoms with Crippen molar-refractivity contribution in [1.82, 2.24) is 10.2 Å². The standard InChI is InChI=1S/C15H22F4N2/c1-3-20-14(12-6-4-5-7-13(12)16)8-10-21(2)11-9-15(17,18)19/h4-7,14,20H,3,8-11H2,1-2H3. The maximum atomic E-state index is 13.8. The predicted octanol–water partition coefficient (Wildman–Crippen LogP) is 3.75. The second-order valence-electron chi connectivity index (χ2n) is 5.09. The molecule has 1 aromatic rings. The van der Waals surface area contributed by atoms with Gasteiger partial charge in [-0.25, -0.2) is 4.39 Å². The van der Waals surface area contributed by atoms with E-state index in [0.717, 1.165) is 0 Å². The molecule has 0 aliphatic rings. The highest BCUT2D eigenvalue weighted by Gasteiger charge is 2.27. The summed E-state index contributed by atoms with van der Waals surface area (Å²) in [7, 11) is 1.65. The van der Waals surface area contributed by atoms with Gasteiger partial charge in [0.15, 0.2) is 0 Å². The predicted molar refractivity (Wildman–Crippen MR) is 75.6 cm³/mol. The lowest BCUT2D eigenvalue weighted by Crippen LogP contribution is -2.30. The molecule has 0 aliphatic heterocycles. The van der Waals surface area contributed by atoms with E-state index in [1.54, 1.807) is 30.1 Å². The van der Waals surface area contributed by atoms with E-state index in [1.807, 2.05) is 6.92 Å². The smallest absolute Gasteiger partial charge is 0.310 e. The van der Waals surface area contributed by atoms with Crippen LogP contribution in [0.15, 0.2) is 24.3 Å². The van der Waals surface area contributed by atoms with Crippen LogP contribution in [-0.2, 0) is 0 Å². The molecule has 0 heterocycles. The second kappa shape index (κ2) is 8.34. The van der Waals surface area contributed by atoms with Crippen molar-refractivity contribution in [2.24, 2.45) is 0 Å². The summed E-state index contributed by atoms with van der Waals surface area (Å²) in [5.74, 6) is -0.290. The highest BCUT2D eigenvalue weighted by atomic mass is 19.4. The van der Waals surface area contributed by atoms with Gasteiger partial charge in [-0.3, -0.25) is 0 Å². The highest BCUT2D eigenvalue weighted by molar-refractivity contribution is 5.21. The molecule has 120 valence electrons. The maximum Gasteiger partial charge on any atom is 0.390 e. The lowest BCUT2D eigenvalue weighted by molar-refractivity contribution is -0.137. The first-order chi connectivity index (χ1) is 9.83. The van der Waals surface area contributed by atoms with Crippen molar-refractivity contribution >= 4 is 0 Å². The van der Waals surface area contributed by atoms with Crippen molar-refractivity contribution in [3.63, 3.8) is 0 Å². The largest absolute Gasteiger partial charge is 0.390 e. The molecule has 0 spiro atoms. The van der Waals surface area contributed by atoms with Crippen molar-refractivity contribution in [3.8, 4) is 0 Å². The van der Waals surface area contributed by atoms with Gasteiger partial charge in [-0.2, -0.15) is 13.2 Å². The summed E-state index contributed by atoms with van der Waals surface area (Å²) < 4.78 is 50.3. The van der Waals surface area contributed by atoms with Crippen LogP contribution in [0.4, 0.5) is 17.6 Å².